The van der Waals surface area contributed by atoms with Crippen molar-refractivity contribution in [3.63, 3.8) is 0 Å². The van der Waals surface area contributed by atoms with Crippen molar-refractivity contribution in [1.29, 1.82) is 0 Å². The van der Waals surface area contributed by atoms with Crippen molar-refractivity contribution < 1.29 is 13.6 Å². The summed E-state index contributed by atoms with van der Waals surface area (Å²) in [6, 6.07) is 15.4. The number of benzene rings is 1. The van der Waals surface area contributed by atoms with Crippen molar-refractivity contribution in [1.82, 2.24) is 4.90 Å². The summed E-state index contributed by atoms with van der Waals surface area (Å²) in [4.78, 5) is 17.3. The lowest BCUT2D eigenvalue weighted by molar-refractivity contribution is 0.0704. The molecule has 1 saturated heterocycles. The number of amides is 1. The van der Waals surface area contributed by atoms with E-state index in [-0.39, 0.29) is 5.91 Å². The monoisotopic (exact) mass is 378 g/mol. The van der Waals surface area contributed by atoms with Gasteiger partial charge < -0.3 is 18.6 Å². The van der Waals surface area contributed by atoms with Gasteiger partial charge in [-0.15, -0.1) is 0 Å². The fourth-order valence-electron chi connectivity index (χ4n) is 3.70. The molecule has 1 fully saturated rings. The lowest BCUT2D eigenvalue weighted by atomic mass is 10.1. The largest absolute Gasteiger partial charge is 0.467 e. The summed E-state index contributed by atoms with van der Waals surface area (Å²) in [6.45, 7) is 4.83. The number of aryl methyl sites for hydroxylation is 1. The number of carbonyl (C=O) groups excluding carboxylic acids is 1. The SMILES string of the molecule is Cc1ccccc1C(=O)N(Cc1ccco1)Cc1ccc(N2CCCCC2)o1. The maximum atomic E-state index is 13.2. The Kier molecular flexibility index (Phi) is 5.51. The molecule has 0 aliphatic carbocycles. The Morgan fingerprint density at radius 2 is 1.75 bits per heavy atom. The lowest BCUT2D eigenvalue weighted by Gasteiger charge is -2.26. The first-order valence-corrected chi connectivity index (χ1v) is 9.91. The minimum Gasteiger partial charge on any atom is -0.467 e. The van der Waals surface area contributed by atoms with Gasteiger partial charge >= 0.3 is 0 Å². The Balaban J connectivity index is 1.54. The van der Waals surface area contributed by atoms with Crippen LogP contribution in [0.2, 0.25) is 0 Å². The van der Waals surface area contributed by atoms with E-state index in [0.29, 0.717) is 18.7 Å². The highest BCUT2D eigenvalue weighted by Crippen LogP contribution is 2.24. The zero-order chi connectivity index (χ0) is 19.3. The second kappa shape index (κ2) is 8.38. The van der Waals surface area contributed by atoms with Gasteiger partial charge in [-0.2, -0.15) is 0 Å². The molecule has 5 nitrogen and oxygen atoms in total. The predicted molar refractivity (Wildman–Crippen MR) is 108 cm³/mol. The van der Waals surface area contributed by atoms with Crippen molar-refractivity contribution in [3.05, 3.63) is 77.4 Å². The molecule has 1 aliphatic heterocycles. The quantitative estimate of drug-likeness (QED) is 0.605. The topological polar surface area (TPSA) is 49.8 Å². The van der Waals surface area contributed by atoms with E-state index in [0.717, 1.165) is 36.1 Å². The van der Waals surface area contributed by atoms with Gasteiger partial charge in [0.1, 0.15) is 11.5 Å². The first kappa shape index (κ1) is 18.4. The zero-order valence-corrected chi connectivity index (χ0v) is 16.3. The third kappa shape index (κ3) is 4.14. The van der Waals surface area contributed by atoms with Gasteiger partial charge in [-0.1, -0.05) is 18.2 Å². The van der Waals surface area contributed by atoms with Crippen LogP contribution < -0.4 is 4.90 Å². The normalized spacial score (nSPS) is 14.2. The molecule has 4 rings (SSSR count). The first-order valence-electron chi connectivity index (χ1n) is 9.91. The molecular formula is C23H26N2O3. The van der Waals surface area contributed by atoms with Crippen LogP contribution in [0, 0.1) is 6.92 Å². The summed E-state index contributed by atoms with van der Waals surface area (Å²) in [5, 5.41) is 0. The average molecular weight is 378 g/mol. The number of hydrogen-bond acceptors (Lipinski definition) is 4. The van der Waals surface area contributed by atoms with Gasteiger partial charge in [0.15, 0.2) is 5.88 Å². The van der Waals surface area contributed by atoms with E-state index in [1.165, 1.54) is 19.3 Å². The van der Waals surface area contributed by atoms with E-state index >= 15 is 0 Å². The van der Waals surface area contributed by atoms with Crippen LogP contribution in [0.25, 0.3) is 0 Å². The Hall–Kier alpha value is -2.95. The average Bonchev–Trinajstić information content (AvgIpc) is 3.40. The Morgan fingerprint density at radius 1 is 0.964 bits per heavy atom. The van der Waals surface area contributed by atoms with E-state index < -0.39 is 0 Å². The highest BCUT2D eigenvalue weighted by Gasteiger charge is 2.21. The molecule has 1 aromatic carbocycles. The summed E-state index contributed by atoms with van der Waals surface area (Å²) in [6.07, 6.45) is 5.32. The molecule has 0 radical (unpaired) electrons. The van der Waals surface area contributed by atoms with Crippen LogP contribution in [-0.2, 0) is 13.1 Å². The van der Waals surface area contributed by atoms with Gasteiger partial charge in [-0.25, -0.2) is 0 Å². The first-order chi connectivity index (χ1) is 13.7. The number of hydrogen-bond donors (Lipinski definition) is 0. The number of piperidine rings is 1. The molecule has 0 bridgehead atoms. The van der Waals surface area contributed by atoms with Gasteiger partial charge in [0.25, 0.3) is 5.91 Å². The molecule has 0 N–H and O–H groups in total. The van der Waals surface area contributed by atoms with Crippen LogP contribution in [-0.4, -0.2) is 23.9 Å². The maximum Gasteiger partial charge on any atom is 0.254 e. The van der Waals surface area contributed by atoms with Crippen LogP contribution in [0.3, 0.4) is 0 Å². The fraction of sp³-hybridized carbons (Fsp3) is 0.348. The van der Waals surface area contributed by atoms with Crippen LogP contribution >= 0.6 is 0 Å². The van der Waals surface area contributed by atoms with Crippen molar-refractivity contribution in [2.45, 2.75) is 39.3 Å². The molecule has 5 heteroatoms. The summed E-state index contributed by atoms with van der Waals surface area (Å²) in [5.74, 6) is 2.42. The van der Waals surface area contributed by atoms with Crippen LogP contribution in [0.5, 0.6) is 0 Å². The summed E-state index contributed by atoms with van der Waals surface area (Å²) >= 11 is 0. The van der Waals surface area contributed by atoms with E-state index in [2.05, 4.69) is 4.90 Å². The summed E-state index contributed by atoms with van der Waals surface area (Å²) in [7, 11) is 0. The number of anilines is 1. The smallest absolute Gasteiger partial charge is 0.254 e. The molecule has 28 heavy (non-hydrogen) atoms. The van der Waals surface area contributed by atoms with Crippen molar-refractivity contribution >= 4 is 11.8 Å². The van der Waals surface area contributed by atoms with E-state index in [9.17, 15) is 4.79 Å². The molecule has 3 heterocycles. The third-order valence-corrected chi connectivity index (χ3v) is 5.25. The second-order valence-electron chi connectivity index (χ2n) is 7.34. The Bertz CT molecular complexity index is 908. The molecule has 0 spiro atoms. The van der Waals surface area contributed by atoms with Crippen molar-refractivity contribution in [3.8, 4) is 0 Å². The highest BCUT2D eigenvalue weighted by atomic mass is 16.4. The molecule has 0 unspecified atom stereocenters. The fourth-order valence-corrected chi connectivity index (χ4v) is 3.70. The van der Waals surface area contributed by atoms with E-state index in [4.69, 9.17) is 8.83 Å². The van der Waals surface area contributed by atoms with Gasteiger partial charge in [-0.05, 0) is 56.0 Å². The maximum absolute atomic E-state index is 13.2. The van der Waals surface area contributed by atoms with E-state index in [1.807, 2.05) is 55.5 Å². The Labute approximate surface area is 165 Å². The predicted octanol–water partition coefficient (Wildman–Crippen LogP) is 5.01. The van der Waals surface area contributed by atoms with Gasteiger partial charge in [-0.3, -0.25) is 4.79 Å². The molecule has 0 atom stereocenters. The minimum atomic E-state index is -0.0228. The van der Waals surface area contributed by atoms with Gasteiger partial charge in [0.05, 0.1) is 19.4 Å². The summed E-state index contributed by atoms with van der Waals surface area (Å²) in [5.41, 5.74) is 1.67. The van der Waals surface area contributed by atoms with Crippen LogP contribution in [0.15, 0.2) is 63.6 Å². The molecule has 2 aromatic heterocycles. The van der Waals surface area contributed by atoms with Crippen LogP contribution in [0.4, 0.5) is 5.88 Å². The lowest BCUT2D eigenvalue weighted by Crippen LogP contribution is -2.30. The third-order valence-electron chi connectivity index (χ3n) is 5.25. The highest BCUT2D eigenvalue weighted by molar-refractivity contribution is 5.95. The van der Waals surface area contributed by atoms with Gasteiger partial charge in [0.2, 0.25) is 0 Å². The molecule has 3 aromatic rings. The standard InChI is InChI=1S/C23H26N2O3/c1-18-8-3-4-10-21(18)23(26)25(16-19-9-7-15-27-19)17-20-11-12-22(28-20)24-13-5-2-6-14-24/h3-4,7-12,15H,2,5-6,13-14,16-17H2,1H3. The van der Waals surface area contributed by atoms with Crippen molar-refractivity contribution in [2.75, 3.05) is 18.0 Å². The Morgan fingerprint density at radius 3 is 2.50 bits per heavy atom. The number of furan rings is 2. The number of rotatable bonds is 6. The molecule has 1 amide bonds. The number of nitrogens with zero attached hydrogens (tertiary/aromatic N) is 2. The number of carbonyl (C=O) groups is 1. The van der Waals surface area contributed by atoms with Crippen molar-refractivity contribution in [2.24, 2.45) is 0 Å². The molecule has 1 aliphatic rings. The summed E-state index contributed by atoms with van der Waals surface area (Å²) < 4.78 is 11.6. The molecule has 146 valence electrons. The van der Waals surface area contributed by atoms with E-state index in [1.54, 1.807) is 11.2 Å². The zero-order valence-electron chi connectivity index (χ0n) is 16.3. The van der Waals surface area contributed by atoms with Gasteiger partial charge in [0, 0.05) is 24.7 Å². The molecular weight excluding hydrogens is 352 g/mol. The van der Waals surface area contributed by atoms with Crippen LogP contribution in [0.1, 0.15) is 46.7 Å². The minimum absolute atomic E-state index is 0.0228. The molecule has 0 saturated carbocycles. The second-order valence-corrected chi connectivity index (χ2v) is 7.34.